The molecule has 0 radical (unpaired) electrons. The summed E-state index contributed by atoms with van der Waals surface area (Å²) in [6.45, 7) is 6.54. The number of piperazine rings is 1. The van der Waals surface area contributed by atoms with Gasteiger partial charge in [0, 0.05) is 38.2 Å². The van der Waals surface area contributed by atoms with E-state index in [1.807, 2.05) is 64.4 Å². The van der Waals surface area contributed by atoms with Crippen LogP contribution in [0.1, 0.15) is 30.6 Å². The minimum Gasteiger partial charge on any atom is -0.339 e. The van der Waals surface area contributed by atoms with Gasteiger partial charge in [0.2, 0.25) is 5.91 Å². The van der Waals surface area contributed by atoms with Crippen LogP contribution in [-0.4, -0.2) is 47.8 Å². The van der Waals surface area contributed by atoms with Crippen LogP contribution in [0.25, 0.3) is 11.1 Å². The van der Waals surface area contributed by atoms with Gasteiger partial charge in [0.1, 0.15) is 0 Å². The Bertz CT molecular complexity index is 763. The van der Waals surface area contributed by atoms with Crippen molar-refractivity contribution < 1.29 is 9.59 Å². The average molecular weight is 350 g/mol. The molecule has 2 amide bonds. The molecular weight excluding hydrogens is 324 g/mol. The predicted molar refractivity (Wildman–Crippen MR) is 104 cm³/mol. The van der Waals surface area contributed by atoms with E-state index in [-0.39, 0.29) is 11.8 Å². The van der Waals surface area contributed by atoms with Gasteiger partial charge >= 0.3 is 0 Å². The van der Waals surface area contributed by atoms with E-state index in [4.69, 9.17) is 0 Å². The van der Waals surface area contributed by atoms with Gasteiger partial charge in [-0.25, -0.2) is 0 Å². The van der Waals surface area contributed by atoms with Crippen molar-refractivity contribution in [3.05, 3.63) is 60.2 Å². The highest BCUT2D eigenvalue weighted by Crippen LogP contribution is 2.21. The summed E-state index contributed by atoms with van der Waals surface area (Å²) in [5.41, 5.74) is 2.85. The number of benzene rings is 2. The molecule has 0 aromatic heterocycles. The zero-order chi connectivity index (χ0) is 18.5. The van der Waals surface area contributed by atoms with Crippen molar-refractivity contribution in [3.8, 4) is 11.1 Å². The number of hydrogen-bond acceptors (Lipinski definition) is 2. The van der Waals surface area contributed by atoms with Crippen LogP contribution >= 0.6 is 0 Å². The summed E-state index contributed by atoms with van der Waals surface area (Å²) < 4.78 is 0. The van der Waals surface area contributed by atoms with Gasteiger partial charge in [0.15, 0.2) is 0 Å². The molecule has 0 aliphatic carbocycles. The van der Waals surface area contributed by atoms with Crippen molar-refractivity contribution in [2.24, 2.45) is 5.92 Å². The largest absolute Gasteiger partial charge is 0.339 e. The first-order chi connectivity index (χ1) is 12.5. The fraction of sp³-hybridized carbons (Fsp3) is 0.364. The second-order valence-electron chi connectivity index (χ2n) is 7.22. The van der Waals surface area contributed by atoms with E-state index in [0.717, 1.165) is 11.1 Å². The van der Waals surface area contributed by atoms with E-state index in [9.17, 15) is 9.59 Å². The Labute approximate surface area is 155 Å². The predicted octanol–water partition coefficient (Wildman–Crippen LogP) is 3.68. The van der Waals surface area contributed by atoms with Gasteiger partial charge in [-0.2, -0.15) is 0 Å². The Morgan fingerprint density at radius 3 is 2.12 bits per heavy atom. The highest BCUT2D eigenvalue weighted by molar-refractivity contribution is 5.95. The average Bonchev–Trinajstić information content (AvgIpc) is 2.68. The number of hydrogen-bond donors (Lipinski definition) is 0. The number of nitrogens with zero attached hydrogens (tertiary/aromatic N) is 2. The molecule has 2 aromatic rings. The van der Waals surface area contributed by atoms with E-state index in [0.29, 0.717) is 44.1 Å². The zero-order valence-electron chi connectivity index (χ0n) is 15.5. The molecule has 1 aliphatic rings. The molecule has 1 fully saturated rings. The quantitative estimate of drug-likeness (QED) is 0.844. The summed E-state index contributed by atoms with van der Waals surface area (Å²) in [5, 5.41) is 0. The molecule has 2 aromatic carbocycles. The van der Waals surface area contributed by atoms with Crippen LogP contribution in [-0.2, 0) is 4.79 Å². The van der Waals surface area contributed by atoms with Gasteiger partial charge in [-0.1, -0.05) is 56.3 Å². The molecule has 3 rings (SSSR count). The van der Waals surface area contributed by atoms with Gasteiger partial charge in [0.05, 0.1) is 0 Å². The van der Waals surface area contributed by atoms with Crippen LogP contribution in [0, 0.1) is 5.92 Å². The summed E-state index contributed by atoms with van der Waals surface area (Å²) in [6.07, 6.45) is 0.576. The first kappa shape index (κ1) is 18.2. The van der Waals surface area contributed by atoms with E-state index in [1.54, 1.807) is 0 Å². The number of carbonyl (C=O) groups is 2. The lowest BCUT2D eigenvalue weighted by Crippen LogP contribution is -2.50. The summed E-state index contributed by atoms with van der Waals surface area (Å²) in [6, 6.07) is 17.8. The molecule has 4 nitrogen and oxygen atoms in total. The molecule has 0 spiro atoms. The molecule has 26 heavy (non-hydrogen) atoms. The van der Waals surface area contributed by atoms with E-state index in [2.05, 4.69) is 13.8 Å². The maximum atomic E-state index is 12.9. The number of carbonyl (C=O) groups excluding carboxylic acids is 2. The molecule has 0 bridgehead atoms. The molecular formula is C22H26N2O2. The smallest absolute Gasteiger partial charge is 0.253 e. The topological polar surface area (TPSA) is 40.6 Å². The van der Waals surface area contributed by atoms with E-state index < -0.39 is 0 Å². The molecule has 0 unspecified atom stereocenters. The van der Waals surface area contributed by atoms with Crippen LogP contribution in [0.4, 0.5) is 0 Å². The molecule has 0 saturated carbocycles. The number of amides is 2. The fourth-order valence-corrected chi connectivity index (χ4v) is 3.28. The lowest BCUT2D eigenvalue weighted by molar-refractivity contribution is -0.133. The molecule has 1 aliphatic heterocycles. The molecule has 136 valence electrons. The third kappa shape index (κ3) is 4.31. The Kier molecular flexibility index (Phi) is 5.71. The summed E-state index contributed by atoms with van der Waals surface area (Å²) in [4.78, 5) is 28.8. The second kappa shape index (κ2) is 8.17. The highest BCUT2D eigenvalue weighted by Gasteiger charge is 2.25. The maximum absolute atomic E-state index is 12.9. The number of rotatable bonds is 4. The van der Waals surface area contributed by atoms with Crippen molar-refractivity contribution in [1.29, 1.82) is 0 Å². The molecule has 4 heteroatoms. The molecule has 0 atom stereocenters. The van der Waals surface area contributed by atoms with Crippen molar-refractivity contribution in [3.63, 3.8) is 0 Å². The van der Waals surface area contributed by atoms with Crippen molar-refractivity contribution in [2.45, 2.75) is 20.3 Å². The van der Waals surface area contributed by atoms with E-state index >= 15 is 0 Å². The first-order valence-corrected chi connectivity index (χ1v) is 9.27. The van der Waals surface area contributed by atoms with Crippen molar-refractivity contribution in [1.82, 2.24) is 9.80 Å². The van der Waals surface area contributed by atoms with Gasteiger partial charge in [0.25, 0.3) is 5.91 Å². The van der Waals surface area contributed by atoms with Gasteiger partial charge < -0.3 is 9.80 Å². The van der Waals surface area contributed by atoms with Crippen LogP contribution in [0.5, 0.6) is 0 Å². The Morgan fingerprint density at radius 2 is 1.46 bits per heavy atom. The summed E-state index contributed by atoms with van der Waals surface area (Å²) in [7, 11) is 0. The zero-order valence-corrected chi connectivity index (χ0v) is 15.5. The van der Waals surface area contributed by atoms with Gasteiger partial charge in [-0.05, 0) is 29.2 Å². The molecule has 1 saturated heterocycles. The van der Waals surface area contributed by atoms with Crippen LogP contribution < -0.4 is 0 Å². The van der Waals surface area contributed by atoms with Gasteiger partial charge in [-0.3, -0.25) is 9.59 Å². The Morgan fingerprint density at radius 1 is 0.846 bits per heavy atom. The highest BCUT2D eigenvalue weighted by atomic mass is 16.2. The van der Waals surface area contributed by atoms with Crippen molar-refractivity contribution in [2.75, 3.05) is 26.2 Å². The van der Waals surface area contributed by atoms with E-state index in [1.165, 1.54) is 0 Å². The first-order valence-electron chi connectivity index (χ1n) is 9.27. The standard InChI is InChI=1S/C22H26N2O2/c1-17(2)15-21(25)23-11-13-24(14-12-23)22(26)20-10-6-9-19(16-20)18-7-4-3-5-8-18/h3-10,16-17H,11-15H2,1-2H3. The molecule has 1 heterocycles. The van der Waals surface area contributed by atoms with Crippen LogP contribution in [0.2, 0.25) is 0 Å². The normalized spacial score (nSPS) is 14.6. The maximum Gasteiger partial charge on any atom is 0.253 e. The fourth-order valence-electron chi connectivity index (χ4n) is 3.28. The SMILES string of the molecule is CC(C)CC(=O)N1CCN(C(=O)c2cccc(-c3ccccc3)c2)CC1. The lowest BCUT2D eigenvalue weighted by atomic mass is 10.0. The monoisotopic (exact) mass is 350 g/mol. The molecule has 0 N–H and O–H groups in total. The second-order valence-corrected chi connectivity index (χ2v) is 7.22. The third-order valence-corrected chi connectivity index (χ3v) is 4.72. The third-order valence-electron chi connectivity index (χ3n) is 4.72. The Balaban J connectivity index is 1.65. The lowest BCUT2D eigenvalue weighted by Gasteiger charge is -2.35. The van der Waals surface area contributed by atoms with Crippen LogP contribution in [0.15, 0.2) is 54.6 Å². The summed E-state index contributed by atoms with van der Waals surface area (Å²) in [5.74, 6) is 0.597. The summed E-state index contributed by atoms with van der Waals surface area (Å²) >= 11 is 0. The van der Waals surface area contributed by atoms with Gasteiger partial charge in [-0.15, -0.1) is 0 Å². The minimum absolute atomic E-state index is 0.0405. The van der Waals surface area contributed by atoms with Crippen molar-refractivity contribution >= 4 is 11.8 Å². The Hall–Kier alpha value is -2.62. The minimum atomic E-state index is 0.0405. The van der Waals surface area contributed by atoms with Crippen LogP contribution in [0.3, 0.4) is 0 Å².